The number of nitrogens with one attached hydrogen (secondary N) is 1. The Morgan fingerprint density at radius 3 is 2.64 bits per heavy atom. The molecule has 2 aromatic carbocycles. The molecular formula is C18H10BrCl2FN2O3S. The SMILES string of the molecule is O=C(CN1C(=O)S/C(=C\c2c(F)cccc2Cl)C1=O)Nc1ccc(Br)c(Cl)c1. The molecule has 1 saturated heterocycles. The third-order valence-corrected chi connectivity index (χ3v) is 6.12. The summed E-state index contributed by atoms with van der Waals surface area (Å²) in [7, 11) is 0. The molecule has 0 aromatic heterocycles. The average molecular weight is 504 g/mol. The van der Waals surface area contributed by atoms with Gasteiger partial charge in [0.2, 0.25) is 5.91 Å². The van der Waals surface area contributed by atoms with E-state index in [4.69, 9.17) is 23.2 Å². The Balaban J connectivity index is 1.74. The summed E-state index contributed by atoms with van der Waals surface area (Å²) in [4.78, 5) is 37.6. The largest absolute Gasteiger partial charge is 0.324 e. The predicted molar refractivity (Wildman–Crippen MR) is 112 cm³/mol. The first-order valence-electron chi connectivity index (χ1n) is 7.70. The van der Waals surface area contributed by atoms with Crippen molar-refractivity contribution >= 4 is 79.7 Å². The van der Waals surface area contributed by atoms with E-state index in [9.17, 15) is 18.8 Å². The van der Waals surface area contributed by atoms with Crippen LogP contribution in [0.2, 0.25) is 10.0 Å². The highest BCUT2D eigenvalue weighted by atomic mass is 79.9. The molecule has 0 aliphatic carbocycles. The number of amides is 3. The second-order valence-electron chi connectivity index (χ2n) is 5.58. The first-order valence-corrected chi connectivity index (χ1v) is 10.1. The summed E-state index contributed by atoms with van der Waals surface area (Å²) in [6, 6.07) is 8.88. The number of hydrogen-bond acceptors (Lipinski definition) is 4. The summed E-state index contributed by atoms with van der Waals surface area (Å²) in [5.41, 5.74) is 0.419. The first kappa shape index (κ1) is 20.9. The van der Waals surface area contributed by atoms with E-state index in [2.05, 4.69) is 21.2 Å². The molecule has 0 radical (unpaired) electrons. The summed E-state index contributed by atoms with van der Waals surface area (Å²) in [5, 5.41) is 2.43. The number of hydrogen-bond donors (Lipinski definition) is 1. The second kappa shape index (κ2) is 8.65. The van der Waals surface area contributed by atoms with Gasteiger partial charge in [-0.3, -0.25) is 19.3 Å². The van der Waals surface area contributed by atoms with E-state index in [1.807, 2.05) is 0 Å². The molecule has 144 valence electrons. The van der Waals surface area contributed by atoms with Gasteiger partial charge >= 0.3 is 0 Å². The smallest absolute Gasteiger partial charge is 0.294 e. The molecule has 5 nitrogen and oxygen atoms in total. The second-order valence-corrected chi connectivity index (χ2v) is 8.24. The Hall–Kier alpha value is -1.87. The highest BCUT2D eigenvalue weighted by Crippen LogP contribution is 2.34. The number of nitrogens with zero attached hydrogens (tertiary/aromatic N) is 1. The van der Waals surface area contributed by atoms with Gasteiger partial charge < -0.3 is 5.32 Å². The number of halogens is 4. The lowest BCUT2D eigenvalue weighted by atomic mass is 10.2. The maximum Gasteiger partial charge on any atom is 0.294 e. The van der Waals surface area contributed by atoms with Crippen LogP contribution < -0.4 is 5.32 Å². The molecule has 3 amide bonds. The van der Waals surface area contributed by atoms with Crippen molar-refractivity contribution in [3.63, 3.8) is 0 Å². The minimum Gasteiger partial charge on any atom is -0.324 e. The zero-order valence-electron chi connectivity index (χ0n) is 13.8. The summed E-state index contributed by atoms with van der Waals surface area (Å²) >= 11 is 15.8. The van der Waals surface area contributed by atoms with E-state index in [0.717, 1.165) is 4.90 Å². The Morgan fingerprint density at radius 2 is 1.96 bits per heavy atom. The van der Waals surface area contributed by atoms with Gasteiger partial charge in [0.05, 0.1) is 15.0 Å². The lowest BCUT2D eigenvalue weighted by Crippen LogP contribution is -2.36. The van der Waals surface area contributed by atoms with E-state index in [-0.39, 0.29) is 15.5 Å². The van der Waals surface area contributed by atoms with Crippen LogP contribution in [0, 0.1) is 5.82 Å². The Bertz CT molecular complexity index is 1010. The van der Waals surface area contributed by atoms with Crippen molar-refractivity contribution in [3.8, 4) is 0 Å². The van der Waals surface area contributed by atoms with Gasteiger partial charge in [-0.1, -0.05) is 29.3 Å². The van der Waals surface area contributed by atoms with Crippen molar-refractivity contribution in [1.29, 1.82) is 0 Å². The third kappa shape index (κ3) is 4.57. The molecule has 1 fully saturated rings. The van der Waals surface area contributed by atoms with Gasteiger partial charge in [-0.15, -0.1) is 0 Å². The van der Waals surface area contributed by atoms with Crippen molar-refractivity contribution in [2.45, 2.75) is 0 Å². The monoisotopic (exact) mass is 502 g/mol. The van der Waals surface area contributed by atoms with Crippen molar-refractivity contribution in [2.75, 3.05) is 11.9 Å². The number of imide groups is 1. The number of carbonyl (C=O) groups is 3. The van der Waals surface area contributed by atoms with E-state index >= 15 is 0 Å². The van der Waals surface area contributed by atoms with E-state index < -0.39 is 29.4 Å². The highest BCUT2D eigenvalue weighted by Gasteiger charge is 2.36. The van der Waals surface area contributed by atoms with Crippen LogP contribution in [0.3, 0.4) is 0 Å². The van der Waals surface area contributed by atoms with E-state index in [0.29, 0.717) is 26.9 Å². The van der Waals surface area contributed by atoms with E-state index in [1.165, 1.54) is 30.3 Å². The summed E-state index contributed by atoms with van der Waals surface area (Å²) in [5.74, 6) is -1.90. The maximum atomic E-state index is 13.9. The van der Waals surface area contributed by atoms with Crippen molar-refractivity contribution in [1.82, 2.24) is 4.90 Å². The zero-order valence-corrected chi connectivity index (χ0v) is 17.8. The lowest BCUT2D eigenvalue weighted by molar-refractivity contribution is -0.127. The molecule has 1 N–H and O–H groups in total. The average Bonchev–Trinajstić information content (AvgIpc) is 2.89. The Labute approximate surface area is 182 Å². The molecule has 3 rings (SSSR count). The van der Waals surface area contributed by atoms with Gasteiger partial charge in [0.15, 0.2) is 0 Å². The number of benzene rings is 2. The molecule has 1 aliphatic heterocycles. The molecule has 28 heavy (non-hydrogen) atoms. The van der Waals surface area contributed by atoms with E-state index in [1.54, 1.807) is 12.1 Å². The van der Waals surface area contributed by atoms with Crippen molar-refractivity contribution in [3.05, 3.63) is 67.2 Å². The molecule has 0 unspecified atom stereocenters. The lowest BCUT2D eigenvalue weighted by Gasteiger charge is -2.12. The van der Waals surface area contributed by atoms with Gasteiger partial charge in [0.1, 0.15) is 12.4 Å². The molecular weight excluding hydrogens is 494 g/mol. The maximum absolute atomic E-state index is 13.9. The van der Waals surface area contributed by atoms with Crippen LogP contribution >= 0.6 is 50.9 Å². The predicted octanol–water partition coefficient (Wildman–Crippen LogP) is 5.57. The van der Waals surface area contributed by atoms with Crippen LogP contribution in [0.25, 0.3) is 6.08 Å². The fourth-order valence-electron chi connectivity index (χ4n) is 2.33. The fourth-order valence-corrected chi connectivity index (χ4v) is 3.80. The standard InChI is InChI=1S/C18H10BrCl2FN2O3S/c19-11-5-4-9(6-13(11)21)23-16(25)8-24-17(26)15(28-18(24)27)7-10-12(20)2-1-3-14(10)22/h1-7H,8H2,(H,23,25)/b15-7-. The number of rotatable bonds is 4. The molecule has 0 atom stereocenters. The third-order valence-electron chi connectivity index (χ3n) is 3.65. The molecule has 1 aliphatic rings. The topological polar surface area (TPSA) is 66.5 Å². The molecule has 1 heterocycles. The van der Waals surface area contributed by atoms with Crippen LogP contribution in [-0.2, 0) is 9.59 Å². The minimum atomic E-state index is -0.696. The number of thioether (sulfide) groups is 1. The van der Waals surface area contributed by atoms with Gasteiger partial charge in [0, 0.05) is 15.7 Å². The molecule has 0 spiro atoms. The summed E-state index contributed by atoms with van der Waals surface area (Å²) < 4.78 is 14.6. The zero-order chi connectivity index (χ0) is 20.4. The number of anilines is 1. The number of carbonyl (C=O) groups excluding carboxylic acids is 3. The summed E-state index contributed by atoms with van der Waals surface area (Å²) in [6.45, 7) is -0.485. The Morgan fingerprint density at radius 1 is 1.21 bits per heavy atom. The van der Waals surface area contributed by atoms with Crippen LogP contribution in [0.1, 0.15) is 5.56 Å². The molecule has 0 bridgehead atoms. The van der Waals surface area contributed by atoms with Crippen LogP contribution in [0.5, 0.6) is 0 Å². The fraction of sp³-hybridized carbons (Fsp3) is 0.0556. The molecule has 0 saturated carbocycles. The van der Waals surface area contributed by atoms with Gasteiger partial charge in [-0.25, -0.2) is 4.39 Å². The minimum absolute atomic E-state index is 0.00335. The Kier molecular flexibility index (Phi) is 6.44. The molecule has 2 aromatic rings. The van der Waals surface area contributed by atoms with Crippen LogP contribution in [0.4, 0.5) is 14.9 Å². The highest BCUT2D eigenvalue weighted by molar-refractivity contribution is 9.10. The first-order chi connectivity index (χ1) is 13.3. The van der Waals surface area contributed by atoms with Gasteiger partial charge in [-0.05, 0) is 64.1 Å². The quantitative estimate of drug-likeness (QED) is 0.554. The van der Waals surface area contributed by atoms with Crippen molar-refractivity contribution < 1.29 is 18.8 Å². The normalized spacial score (nSPS) is 15.4. The van der Waals surface area contributed by atoms with Crippen molar-refractivity contribution in [2.24, 2.45) is 0 Å². The van der Waals surface area contributed by atoms with Crippen LogP contribution in [0.15, 0.2) is 45.8 Å². The summed E-state index contributed by atoms with van der Waals surface area (Å²) in [6.07, 6.45) is 1.20. The van der Waals surface area contributed by atoms with Gasteiger partial charge in [0.25, 0.3) is 11.1 Å². The van der Waals surface area contributed by atoms with Gasteiger partial charge in [-0.2, -0.15) is 0 Å². The molecule has 10 heteroatoms. The van der Waals surface area contributed by atoms with Crippen LogP contribution in [-0.4, -0.2) is 28.5 Å².